The van der Waals surface area contributed by atoms with Crippen LogP contribution in [0.25, 0.3) is 0 Å². The highest BCUT2D eigenvalue weighted by Gasteiger charge is 2.40. The monoisotopic (exact) mass is 695 g/mol. The third-order valence-electron chi connectivity index (χ3n) is 10.0. The number of piperidine rings is 1. The van der Waals surface area contributed by atoms with Gasteiger partial charge < -0.3 is 29.9 Å². The lowest BCUT2D eigenvalue weighted by Crippen LogP contribution is -2.53. The second kappa shape index (κ2) is 14.3. The lowest BCUT2D eigenvalue weighted by atomic mass is 9.82. The van der Waals surface area contributed by atoms with Crippen LogP contribution in [0.1, 0.15) is 56.0 Å². The molecule has 0 bridgehead atoms. The summed E-state index contributed by atoms with van der Waals surface area (Å²) in [6, 6.07) is 11.6. The lowest BCUT2D eigenvalue weighted by Gasteiger charge is -2.43. The molecule has 11 nitrogen and oxygen atoms in total. The Hall–Kier alpha value is -4.59. The Morgan fingerprint density at radius 2 is 1.80 bits per heavy atom. The Kier molecular flexibility index (Phi) is 10.1. The van der Waals surface area contributed by atoms with E-state index in [0.717, 1.165) is 62.0 Å². The number of nitrogens with zero attached hydrogens (tertiary/aromatic N) is 5. The van der Waals surface area contributed by atoms with Gasteiger partial charge in [0.05, 0.1) is 36.1 Å². The van der Waals surface area contributed by atoms with Gasteiger partial charge in [0, 0.05) is 68.9 Å². The van der Waals surface area contributed by atoms with Gasteiger partial charge in [-0.1, -0.05) is 12.1 Å². The molecule has 268 valence electrons. The number of amides is 2. The summed E-state index contributed by atoms with van der Waals surface area (Å²) >= 11 is 0. The largest absolute Gasteiger partial charge is 0.494 e. The molecule has 2 N–H and O–H groups in total. The predicted octanol–water partition coefficient (Wildman–Crippen LogP) is 6.01. The van der Waals surface area contributed by atoms with E-state index in [1.54, 1.807) is 24.1 Å². The summed E-state index contributed by atoms with van der Waals surface area (Å²) in [5.41, 5.74) is 1.96. The summed E-state index contributed by atoms with van der Waals surface area (Å²) in [6.07, 6.45) is -1.95. The number of methoxy groups -OCH3 is 1. The van der Waals surface area contributed by atoms with Crippen molar-refractivity contribution in [2.24, 2.45) is 0 Å². The van der Waals surface area contributed by atoms with E-state index in [9.17, 15) is 22.8 Å². The highest BCUT2D eigenvalue weighted by molar-refractivity contribution is 6.06. The fraction of sp³-hybridized carbons (Fsp3) is 0.500. The van der Waals surface area contributed by atoms with Crippen LogP contribution in [0.5, 0.6) is 5.75 Å². The van der Waals surface area contributed by atoms with E-state index >= 15 is 0 Å². The molecular weight excluding hydrogens is 651 g/mol. The SMILES string of the molecule is CCOC(=O)N1CCC(N2CCN(c3ccc(Nc4ncc(C(F)(F)F)c(CCc5cccc6c5C(C)(C)C(=O)N6)n4)c(OC)c3)CC2)CC1. The van der Waals surface area contributed by atoms with E-state index in [-0.39, 0.29) is 36.5 Å². The van der Waals surface area contributed by atoms with Crippen LogP contribution < -0.4 is 20.3 Å². The Morgan fingerprint density at radius 3 is 2.48 bits per heavy atom. The third kappa shape index (κ3) is 7.30. The van der Waals surface area contributed by atoms with Crippen molar-refractivity contribution in [3.8, 4) is 5.75 Å². The lowest BCUT2D eigenvalue weighted by molar-refractivity contribution is -0.138. The van der Waals surface area contributed by atoms with E-state index in [1.807, 2.05) is 45.0 Å². The predicted molar refractivity (Wildman–Crippen MR) is 184 cm³/mol. The normalized spacial score (nSPS) is 18.1. The highest BCUT2D eigenvalue weighted by atomic mass is 19.4. The Labute approximate surface area is 290 Å². The van der Waals surface area contributed by atoms with Gasteiger partial charge in [0.1, 0.15) is 5.75 Å². The second-order valence-corrected chi connectivity index (χ2v) is 13.4. The molecule has 2 amide bonds. The maximum absolute atomic E-state index is 14.1. The van der Waals surface area contributed by atoms with Crippen molar-refractivity contribution >= 4 is 35.0 Å². The van der Waals surface area contributed by atoms with Crippen molar-refractivity contribution in [2.45, 2.75) is 64.1 Å². The molecule has 2 saturated heterocycles. The second-order valence-electron chi connectivity index (χ2n) is 13.4. The van der Waals surface area contributed by atoms with Crippen LogP contribution in [0.2, 0.25) is 0 Å². The van der Waals surface area contributed by atoms with Crippen LogP contribution in [0, 0.1) is 0 Å². The molecule has 3 aliphatic heterocycles. The maximum Gasteiger partial charge on any atom is 0.419 e. The number of rotatable bonds is 9. The minimum atomic E-state index is -4.63. The number of piperazine rings is 1. The van der Waals surface area contributed by atoms with Crippen LogP contribution >= 0.6 is 0 Å². The summed E-state index contributed by atoms with van der Waals surface area (Å²) < 4.78 is 53.0. The number of hydrogen-bond acceptors (Lipinski definition) is 9. The summed E-state index contributed by atoms with van der Waals surface area (Å²) in [5, 5.41) is 5.94. The zero-order chi connectivity index (χ0) is 35.6. The van der Waals surface area contributed by atoms with E-state index < -0.39 is 17.2 Å². The van der Waals surface area contributed by atoms with Crippen LogP contribution in [0.4, 0.5) is 41.0 Å². The van der Waals surface area contributed by atoms with Crippen LogP contribution in [-0.4, -0.2) is 90.8 Å². The van der Waals surface area contributed by atoms with Crippen molar-refractivity contribution in [2.75, 3.05) is 68.5 Å². The number of aryl methyl sites for hydroxylation is 2. The molecule has 0 spiro atoms. The number of halogens is 3. The number of carbonyl (C=O) groups excluding carboxylic acids is 2. The quantitative estimate of drug-likeness (QED) is 0.278. The molecule has 4 heterocycles. The average molecular weight is 696 g/mol. The molecule has 14 heteroatoms. The molecule has 0 aliphatic carbocycles. The Bertz CT molecular complexity index is 1720. The first-order valence-electron chi connectivity index (χ1n) is 17.1. The number of likely N-dealkylation sites (tertiary alicyclic amines) is 1. The van der Waals surface area contributed by atoms with Gasteiger partial charge in [-0.2, -0.15) is 13.2 Å². The molecule has 0 radical (unpaired) electrons. The number of benzene rings is 2. The first kappa shape index (κ1) is 35.2. The van der Waals surface area contributed by atoms with Gasteiger partial charge in [0.2, 0.25) is 11.9 Å². The minimum Gasteiger partial charge on any atom is -0.494 e. The smallest absolute Gasteiger partial charge is 0.419 e. The fourth-order valence-corrected chi connectivity index (χ4v) is 7.27. The van der Waals surface area contributed by atoms with E-state index in [2.05, 4.69) is 30.4 Å². The summed E-state index contributed by atoms with van der Waals surface area (Å²) in [4.78, 5) is 39.5. The van der Waals surface area contributed by atoms with Gasteiger partial charge in [-0.05, 0) is 75.8 Å². The number of ether oxygens (including phenoxy) is 2. The molecule has 50 heavy (non-hydrogen) atoms. The van der Waals surface area contributed by atoms with Crippen molar-refractivity contribution < 1.29 is 32.2 Å². The highest BCUT2D eigenvalue weighted by Crippen LogP contribution is 2.41. The molecule has 2 aromatic carbocycles. The molecule has 2 fully saturated rings. The zero-order valence-corrected chi connectivity index (χ0v) is 28.9. The van der Waals surface area contributed by atoms with E-state index in [0.29, 0.717) is 42.9 Å². The van der Waals surface area contributed by atoms with Crippen molar-refractivity contribution in [3.05, 3.63) is 65.0 Å². The molecule has 3 aromatic rings. The first-order valence-corrected chi connectivity index (χ1v) is 17.1. The summed E-state index contributed by atoms with van der Waals surface area (Å²) in [5.74, 6) is 0.397. The van der Waals surface area contributed by atoms with Gasteiger partial charge in [-0.3, -0.25) is 9.69 Å². The number of hydrogen-bond donors (Lipinski definition) is 2. The van der Waals surface area contributed by atoms with Gasteiger partial charge in [0.15, 0.2) is 0 Å². The fourth-order valence-electron chi connectivity index (χ4n) is 7.27. The number of carbonyl (C=O) groups is 2. The topological polar surface area (TPSA) is 112 Å². The average Bonchev–Trinajstić information content (AvgIpc) is 3.34. The first-order chi connectivity index (χ1) is 23.9. The summed E-state index contributed by atoms with van der Waals surface area (Å²) in [6.45, 7) is 10.7. The Morgan fingerprint density at radius 1 is 1.06 bits per heavy atom. The van der Waals surface area contributed by atoms with Crippen LogP contribution in [0.15, 0.2) is 42.6 Å². The summed E-state index contributed by atoms with van der Waals surface area (Å²) in [7, 11) is 1.54. The van der Waals surface area contributed by atoms with Gasteiger partial charge in [0.25, 0.3) is 0 Å². The van der Waals surface area contributed by atoms with Crippen LogP contribution in [0.3, 0.4) is 0 Å². The van der Waals surface area contributed by atoms with Crippen LogP contribution in [-0.2, 0) is 34.0 Å². The number of fused-ring (bicyclic) bond motifs is 1. The van der Waals surface area contributed by atoms with E-state index in [1.165, 1.54) is 0 Å². The molecule has 0 atom stereocenters. The van der Waals surface area contributed by atoms with Gasteiger partial charge >= 0.3 is 12.3 Å². The maximum atomic E-state index is 14.1. The number of aromatic nitrogens is 2. The molecule has 3 aliphatic rings. The van der Waals surface area contributed by atoms with Crippen molar-refractivity contribution in [1.29, 1.82) is 0 Å². The standard InChI is InChI=1S/C36H44F3N7O4/c1-5-50-34(48)46-15-13-24(14-16-46)44-17-19-45(20-18-44)25-10-12-28(30(21-25)49-4)43-33-40-22-26(36(37,38)39)27(42-33)11-9-23-7-6-8-29-31(23)35(2,3)32(47)41-29/h6-8,10,12,21-22,24H,5,9,11,13-20H2,1-4H3,(H,41,47)(H,40,42,43). The number of nitrogens with one attached hydrogen (secondary N) is 2. The molecule has 1 aromatic heterocycles. The zero-order valence-electron chi connectivity index (χ0n) is 28.9. The molecule has 6 rings (SSSR count). The van der Waals surface area contributed by atoms with Crippen molar-refractivity contribution in [3.63, 3.8) is 0 Å². The molecule has 0 unspecified atom stereocenters. The van der Waals surface area contributed by atoms with Gasteiger partial charge in [-0.25, -0.2) is 14.8 Å². The molecular formula is C36H44F3N7O4. The third-order valence-corrected chi connectivity index (χ3v) is 10.0. The minimum absolute atomic E-state index is 0.000667. The number of anilines is 4. The van der Waals surface area contributed by atoms with Gasteiger partial charge in [-0.15, -0.1) is 0 Å². The molecule has 0 saturated carbocycles. The van der Waals surface area contributed by atoms with E-state index in [4.69, 9.17) is 9.47 Å². The Balaban J connectivity index is 1.12. The number of alkyl halides is 3. The van der Waals surface area contributed by atoms with Crippen molar-refractivity contribution in [1.82, 2.24) is 19.8 Å².